The third-order valence-corrected chi connectivity index (χ3v) is 5.21. The van der Waals surface area contributed by atoms with Crippen LogP contribution in [0, 0.1) is 0 Å². The summed E-state index contributed by atoms with van der Waals surface area (Å²) in [5.74, 6) is -0.0845. The minimum absolute atomic E-state index is 0.0166. The Morgan fingerprint density at radius 1 is 1.03 bits per heavy atom. The summed E-state index contributed by atoms with van der Waals surface area (Å²) in [6.45, 7) is 5.97. The molecule has 3 aromatic rings. The van der Waals surface area contributed by atoms with Crippen molar-refractivity contribution in [3.8, 4) is 0 Å². The number of Topliss-reactive ketones (excluding diaryl/α,β-unsaturated/α-hetero) is 1. The lowest BCUT2D eigenvalue weighted by molar-refractivity contribution is -0.117. The lowest BCUT2D eigenvalue weighted by atomic mass is 10.1. The fraction of sp³-hybridized carbons (Fsp3) is 0.318. The molecular weight excluding hydrogens is 368 g/mol. The molecule has 1 amide bonds. The molecule has 0 radical (unpaired) electrons. The molecule has 0 bridgehead atoms. The lowest BCUT2D eigenvalue weighted by Gasteiger charge is -2.33. The van der Waals surface area contributed by atoms with Crippen LogP contribution >= 0.6 is 0 Å². The van der Waals surface area contributed by atoms with Crippen molar-refractivity contribution < 1.29 is 14.1 Å². The van der Waals surface area contributed by atoms with E-state index in [1.54, 1.807) is 24.3 Å². The third kappa shape index (κ3) is 4.70. The van der Waals surface area contributed by atoms with Crippen molar-refractivity contribution in [1.29, 1.82) is 0 Å². The van der Waals surface area contributed by atoms with Gasteiger partial charge in [0.1, 0.15) is 5.69 Å². The predicted octanol–water partition coefficient (Wildman–Crippen LogP) is 2.79. The number of rotatable bonds is 6. The van der Waals surface area contributed by atoms with Gasteiger partial charge in [-0.2, -0.15) is 0 Å². The Morgan fingerprint density at radius 2 is 1.79 bits per heavy atom. The fourth-order valence-electron chi connectivity index (χ4n) is 3.59. The Kier molecular flexibility index (Phi) is 5.69. The number of fused-ring (bicyclic) bond motifs is 1. The molecule has 7 nitrogen and oxygen atoms in total. The first-order valence-corrected chi connectivity index (χ1v) is 9.77. The molecule has 1 aromatic heterocycles. The van der Waals surface area contributed by atoms with E-state index in [1.807, 2.05) is 24.3 Å². The van der Waals surface area contributed by atoms with E-state index < -0.39 is 0 Å². The van der Waals surface area contributed by atoms with Crippen LogP contribution in [0.5, 0.6) is 0 Å². The maximum Gasteiger partial charge on any atom is 0.238 e. The van der Waals surface area contributed by atoms with E-state index >= 15 is 0 Å². The number of piperazine rings is 1. The number of nitrogens with one attached hydrogen (secondary N) is 1. The summed E-state index contributed by atoms with van der Waals surface area (Å²) in [7, 11) is 0. The fourth-order valence-corrected chi connectivity index (χ4v) is 3.59. The van der Waals surface area contributed by atoms with Crippen molar-refractivity contribution in [2.45, 2.75) is 13.5 Å². The number of anilines is 1. The van der Waals surface area contributed by atoms with Gasteiger partial charge in [-0.15, -0.1) is 0 Å². The smallest absolute Gasteiger partial charge is 0.238 e. The molecular formula is C22H24N4O3. The first-order chi connectivity index (χ1) is 14.1. The predicted molar refractivity (Wildman–Crippen MR) is 111 cm³/mol. The number of carbonyl (C=O) groups is 2. The summed E-state index contributed by atoms with van der Waals surface area (Å²) < 4.78 is 5.38. The molecule has 2 heterocycles. The summed E-state index contributed by atoms with van der Waals surface area (Å²) >= 11 is 0. The summed E-state index contributed by atoms with van der Waals surface area (Å²) in [4.78, 5) is 28.3. The molecule has 7 heteroatoms. The largest absolute Gasteiger partial charge is 0.356 e. The maximum absolute atomic E-state index is 12.4. The van der Waals surface area contributed by atoms with Crippen molar-refractivity contribution in [2.75, 3.05) is 38.0 Å². The molecule has 150 valence electrons. The quantitative estimate of drug-likeness (QED) is 0.650. The van der Waals surface area contributed by atoms with E-state index in [1.165, 1.54) is 6.92 Å². The molecule has 0 saturated carbocycles. The van der Waals surface area contributed by atoms with Crippen molar-refractivity contribution in [1.82, 2.24) is 15.0 Å². The van der Waals surface area contributed by atoms with Gasteiger partial charge in [-0.25, -0.2) is 0 Å². The van der Waals surface area contributed by atoms with E-state index in [9.17, 15) is 9.59 Å². The number of amides is 1. The summed E-state index contributed by atoms with van der Waals surface area (Å²) in [6, 6.07) is 14.9. The highest BCUT2D eigenvalue weighted by molar-refractivity contribution is 5.97. The first kappa shape index (κ1) is 19.3. The number of para-hydroxylation sites is 1. The minimum atomic E-state index is -0.0679. The first-order valence-electron chi connectivity index (χ1n) is 9.77. The molecule has 4 rings (SSSR count). The number of aromatic nitrogens is 1. The molecule has 0 atom stereocenters. The number of benzene rings is 2. The van der Waals surface area contributed by atoms with Crippen molar-refractivity contribution in [2.24, 2.45) is 0 Å². The highest BCUT2D eigenvalue weighted by Crippen LogP contribution is 2.20. The topological polar surface area (TPSA) is 78.7 Å². The lowest BCUT2D eigenvalue weighted by Crippen LogP contribution is -2.48. The van der Waals surface area contributed by atoms with Gasteiger partial charge in [0.05, 0.1) is 6.54 Å². The van der Waals surface area contributed by atoms with Crippen LogP contribution in [-0.4, -0.2) is 59.4 Å². The van der Waals surface area contributed by atoms with Gasteiger partial charge in [-0.3, -0.25) is 19.4 Å². The highest BCUT2D eigenvalue weighted by Gasteiger charge is 2.21. The van der Waals surface area contributed by atoms with Crippen LogP contribution in [0.1, 0.15) is 23.0 Å². The zero-order chi connectivity index (χ0) is 20.2. The van der Waals surface area contributed by atoms with E-state index in [0.717, 1.165) is 49.4 Å². The number of carbonyl (C=O) groups excluding carboxylic acids is 2. The Balaban J connectivity index is 1.27. The van der Waals surface area contributed by atoms with Gasteiger partial charge in [0.15, 0.2) is 11.4 Å². The van der Waals surface area contributed by atoms with Crippen LogP contribution in [0.25, 0.3) is 11.0 Å². The van der Waals surface area contributed by atoms with Crippen LogP contribution in [0.2, 0.25) is 0 Å². The number of hydrogen-bond donors (Lipinski definition) is 1. The van der Waals surface area contributed by atoms with Crippen LogP contribution in [0.3, 0.4) is 0 Å². The second-order valence-electron chi connectivity index (χ2n) is 7.36. The van der Waals surface area contributed by atoms with Gasteiger partial charge in [-0.05, 0) is 31.2 Å². The SMILES string of the molecule is CC(=O)c1cccc(NC(=O)CN2CCN(Cc3noc4ccccc34)CC2)c1. The van der Waals surface area contributed by atoms with Gasteiger partial charge >= 0.3 is 0 Å². The molecule has 1 aliphatic heterocycles. The summed E-state index contributed by atoms with van der Waals surface area (Å²) in [6.07, 6.45) is 0. The Labute approximate surface area is 169 Å². The van der Waals surface area contributed by atoms with E-state index in [2.05, 4.69) is 20.3 Å². The Morgan fingerprint density at radius 3 is 2.59 bits per heavy atom. The van der Waals surface area contributed by atoms with Crippen LogP contribution in [0.4, 0.5) is 5.69 Å². The molecule has 1 fully saturated rings. The summed E-state index contributed by atoms with van der Waals surface area (Å²) in [5, 5.41) is 8.15. The van der Waals surface area contributed by atoms with Crippen LogP contribution < -0.4 is 5.32 Å². The average Bonchev–Trinajstić information content (AvgIpc) is 3.12. The molecule has 1 aliphatic rings. The molecule has 2 aromatic carbocycles. The van der Waals surface area contributed by atoms with Crippen molar-refractivity contribution in [3.63, 3.8) is 0 Å². The maximum atomic E-state index is 12.4. The zero-order valence-electron chi connectivity index (χ0n) is 16.4. The zero-order valence-corrected chi connectivity index (χ0v) is 16.4. The molecule has 1 N–H and O–H groups in total. The molecule has 1 saturated heterocycles. The van der Waals surface area contributed by atoms with Gasteiger partial charge in [-0.1, -0.05) is 29.4 Å². The van der Waals surface area contributed by atoms with Crippen molar-refractivity contribution >= 4 is 28.3 Å². The Bertz CT molecular complexity index is 1020. The van der Waals surface area contributed by atoms with E-state index in [-0.39, 0.29) is 11.7 Å². The van der Waals surface area contributed by atoms with Crippen LogP contribution in [0.15, 0.2) is 53.1 Å². The second kappa shape index (κ2) is 8.55. The average molecular weight is 392 g/mol. The van der Waals surface area contributed by atoms with Gasteiger partial charge in [0, 0.05) is 49.4 Å². The van der Waals surface area contributed by atoms with Gasteiger partial charge in [0.2, 0.25) is 5.91 Å². The van der Waals surface area contributed by atoms with E-state index in [0.29, 0.717) is 17.8 Å². The second-order valence-corrected chi connectivity index (χ2v) is 7.36. The number of nitrogens with zero attached hydrogens (tertiary/aromatic N) is 3. The number of hydrogen-bond acceptors (Lipinski definition) is 6. The number of ketones is 1. The summed E-state index contributed by atoms with van der Waals surface area (Å²) in [5.41, 5.74) is 3.01. The Hall–Kier alpha value is -3.03. The normalized spacial score (nSPS) is 15.5. The minimum Gasteiger partial charge on any atom is -0.356 e. The van der Waals surface area contributed by atoms with Gasteiger partial charge < -0.3 is 9.84 Å². The molecule has 0 spiro atoms. The monoisotopic (exact) mass is 392 g/mol. The molecule has 0 unspecified atom stereocenters. The van der Waals surface area contributed by atoms with Crippen molar-refractivity contribution in [3.05, 3.63) is 59.8 Å². The molecule has 29 heavy (non-hydrogen) atoms. The third-order valence-electron chi connectivity index (χ3n) is 5.21. The van der Waals surface area contributed by atoms with Gasteiger partial charge in [0.25, 0.3) is 0 Å². The standard InChI is InChI=1S/C22H24N4O3/c1-16(27)17-5-4-6-18(13-17)23-22(28)15-26-11-9-25(10-12-26)14-20-19-7-2-3-8-21(19)29-24-20/h2-8,13H,9-12,14-15H2,1H3,(H,23,28). The van der Waals surface area contributed by atoms with E-state index in [4.69, 9.17) is 4.52 Å². The molecule has 0 aliphatic carbocycles. The van der Waals surface area contributed by atoms with Crippen LogP contribution in [-0.2, 0) is 11.3 Å². The highest BCUT2D eigenvalue weighted by atomic mass is 16.5.